The van der Waals surface area contributed by atoms with E-state index in [4.69, 9.17) is 4.74 Å². The van der Waals surface area contributed by atoms with Crippen LogP contribution in [0.2, 0.25) is 0 Å². The minimum Gasteiger partial charge on any atom is -0.389 e. The Kier molecular flexibility index (Phi) is 6.74. The summed E-state index contributed by atoms with van der Waals surface area (Å²) in [6.07, 6.45) is 11.5. The summed E-state index contributed by atoms with van der Waals surface area (Å²) in [6, 6.07) is 0. The lowest BCUT2D eigenvalue weighted by atomic mass is 9.94. The summed E-state index contributed by atoms with van der Waals surface area (Å²) in [5.41, 5.74) is 1.27. The normalized spacial score (nSPS) is 21.8. The third kappa shape index (κ3) is 5.13. The van der Waals surface area contributed by atoms with Crippen molar-refractivity contribution in [1.29, 1.82) is 0 Å². The number of ether oxygens (including phenoxy) is 1. The Balaban J connectivity index is 2.35. The van der Waals surface area contributed by atoms with Crippen molar-refractivity contribution < 1.29 is 9.84 Å². The van der Waals surface area contributed by atoms with Crippen LogP contribution in [0.3, 0.4) is 0 Å². The van der Waals surface area contributed by atoms with Crippen LogP contribution in [-0.2, 0) is 4.74 Å². The quantitative estimate of drug-likeness (QED) is 0.728. The molecule has 0 saturated heterocycles. The zero-order valence-electron chi connectivity index (χ0n) is 10.7. The van der Waals surface area contributed by atoms with Crippen molar-refractivity contribution in [3.05, 3.63) is 11.6 Å². The highest BCUT2D eigenvalue weighted by molar-refractivity contribution is 5.08. The molecule has 0 aliphatic heterocycles. The molecule has 2 heteroatoms. The number of aliphatic hydroxyl groups excluding tert-OH is 1. The number of hydrogen-bond donors (Lipinski definition) is 1. The van der Waals surface area contributed by atoms with Crippen LogP contribution in [0.1, 0.15) is 58.3 Å². The predicted octanol–water partition coefficient (Wildman–Crippen LogP) is 3.44. The average Bonchev–Trinajstić information content (AvgIpc) is 2.25. The summed E-state index contributed by atoms with van der Waals surface area (Å²) in [5, 5.41) is 10.1. The van der Waals surface area contributed by atoms with Gasteiger partial charge in [0.15, 0.2) is 0 Å². The van der Waals surface area contributed by atoms with Gasteiger partial charge in [-0.05, 0) is 51.0 Å². The Morgan fingerprint density at radius 2 is 2.00 bits per heavy atom. The molecule has 0 spiro atoms. The molecule has 1 aliphatic rings. The summed E-state index contributed by atoms with van der Waals surface area (Å²) in [5.74, 6) is 0. The molecule has 1 rings (SSSR count). The van der Waals surface area contributed by atoms with Gasteiger partial charge in [-0.1, -0.05) is 18.9 Å². The van der Waals surface area contributed by atoms with Crippen molar-refractivity contribution in [2.75, 3.05) is 7.11 Å². The minimum absolute atomic E-state index is 0.240. The average molecular weight is 226 g/mol. The molecule has 0 aromatic carbocycles. The fourth-order valence-corrected chi connectivity index (χ4v) is 2.22. The standard InChI is InChI=1S/C14H26O2/c1-12(16-2)10-11-14(15)13-8-6-4-3-5-7-9-13/h8,12,14-15H,3-7,9-11H2,1-2H3. The summed E-state index contributed by atoms with van der Waals surface area (Å²) < 4.78 is 5.20. The van der Waals surface area contributed by atoms with Gasteiger partial charge >= 0.3 is 0 Å². The van der Waals surface area contributed by atoms with E-state index in [1.807, 2.05) is 0 Å². The van der Waals surface area contributed by atoms with Gasteiger partial charge in [0.2, 0.25) is 0 Å². The second-order valence-electron chi connectivity index (χ2n) is 4.87. The number of aliphatic hydroxyl groups is 1. The molecule has 2 atom stereocenters. The van der Waals surface area contributed by atoms with Gasteiger partial charge < -0.3 is 9.84 Å². The van der Waals surface area contributed by atoms with Crippen LogP contribution in [0.4, 0.5) is 0 Å². The maximum absolute atomic E-state index is 10.1. The molecule has 0 aromatic rings. The van der Waals surface area contributed by atoms with Gasteiger partial charge in [-0.25, -0.2) is 0 Å². The molecule has 0 radical (unpaired) electrons. The first-order valence-corrected chi connectivity index (χ1v) is 6.64. The van der Waals surface area contributed by atoms with Crippen molar-refractivity contribution >= 4 is 0 Å². The van der Waals surface area contributed by atoms with Gasteiger partial charge in [-0.2, -0.15) is 0 Å². The van der Waals surface area contributed by atoms with Crippen LogP contribution >= 0.6 is 0 Å². The van der Waals surface area contributed by atoms with E-state index in [1.54, 1.807) is 7.11 Å². The highest BCUT2D eigenvalue weighted by Crippen LogP contribution is 2.22. The van der Waals surface area contributed by atoms with Crippen LogP contribution in [-0.4, -0.2) is 24.4 Å². The van der Waals surface area contributed by atoms with Crippen molar-refractivity contribution in [1.82, 2.24) is 0 Å². The predicted molar refractivity (Wildman–Crippen MR) is 67.5 cm³/mol. The van der Waals surface area contributed by atoms with Crippen LogP contribution in [0, 0.1) is 0 Å². The van der Waals surface area contributed by atoms with Crippen LogP contribution in [0.5, 0.6) is 0 Å². The molecular weight excluding hydrogens is 200 g/mol. The van der Waals surface area contributed by atoms with E-state index in [1.165, 1.54) is 31.3 Å². The summed E-state index contributed by atoms with van der Waals surface area (Å²) in [4.78, 5) is 0. The lowest BCUT2D eigenvalue weighted by Crippen LogP contribution is -2.15. The largest absolute Gasteiger partial charge is 0.389 e. The maximum atomic E-state index is 10.1. The smallest absolute Gasteiger partial charge is 0.0751 e. The second kappa shape index (κ2) is 7.86. The summed E-state index contributed by atoms with van der Waals surface area (Å²) in [7, 11) is 1.73. The zero-order chi connectivity index (χ0) is 11.8. The van der Waals surface area contributed by atoms with Gasteiger partial charge in [0, 0.05) is 7.11 Å². The third-order valence-electron chi connectivity index (χ3n) is 3.50. The Morgan fingerprint density at radius 3 is 2.75 bits per heavy atom. The molecule has 1 N–H and O–H groups in total. The van der Waals surface area contributed by atoms with Crippen molar-refractivity contribution in [2.45, 2.75) is 70.5 Å². The van der Waals surface area contributed by atoms with Crippen LogP contribution < -0.4 is 0 Å². The van der Waals surface area contributed by atoms with E-state index >= 15 is 0 Å². The number of rotatable bonds is 5. The first-order valence-electron chi connectivity index (χ1n) is 6.64. The lowest BCUT2D eigenvalue weighted by Gasteiger charge is -2.18. The highest BCUT2D eigenvalue weighted by Gasteiger charge is 2.13. The fourth-order valence-electron chi connectivity index (χ4n) is 2.22. The van der Waals surface area contributed by atoms with Crippen molar-refractivity contribution in [3.8, 4) is 0 Å². The Labute approximate surface area is 99.7 Å². The van der Waals surface area contributed by atoms with E-state index in [0.29, 0.717) is 0 Å². The van der Waals surface area contributed by atoms with E-state index < -0.39 is 0 Å². The number of allylic oxidation sites excluding steroid dienone is 1. The van der Waals surface area contributed by atoms with Crippen LogP contribution in [0.15, 0.2) is 11.6 Å². The van der Waals surface area contributed by atoms with Gasteiger partial charge in [-0.15, -0.1) is 0 Å². The Bertz CT molecular complexity index is 211. The van der Waals surface area contributed by atoms with Gasteiger partial charge in [0.25, 0.3) is 0 Å². The van der Waals surface area contributed by atoms with Gasteiger partial charge in [-0.3, -0.25) is 0 Å². The maximum Gasteiger partial charge on any atom is 0.0751 e. The molecule has 94 valence electrons. The SMILES string of the molecule is COC(C)CCC(O)C1=CCCCCCC1. The molecule has 0 aromatic heterocycles. The van der Waals surface area contributed by atoms with E-state index in [0.717, 1.165) is 25.7 Å². The first-order chi connectivity index (χ1) is 7.74. The first kappa shape index (κ1) is 13.7. The minimum atomic E-state index is -0.240. The highest BCUT2D eigenvalue weighted by atomic mass is 16.5. The Hall–Kier alpha value is -0.340. The molecule has 1 aliphatic carbocycles. The molecule has 2 nitrogen and oxygen atoms in total. The summed E-state index contributed by atoms with van der Waals surface area (Å²) in [6.45, 7) is 2.05. The van der Waals surface area contributed by atoms with Gasteiger partial charge in [0.05, 0.1) is 12.2 Å². The second-order valence-corrected chi connectivity index (χ2v) is 4.87. The number of hydrogen-bond acceptors (Lipinski definition) is 2. The Morgan fingerprint density at radius 1 is 1.25 bits per heavy atom. The number of methoxy groups -OCH3 is 1. The zero-order valence-corrected chi connectivity index (χ0v) is 10.7. The molecule has 2 unspecified atom stereocenters. The third-order valence-corrected chi connectivity index (χ3v) is 3.50. The van der Waals surface area contributed by atoms with Crippen molar-refractivity contribution in [3.63, 3.8) is 0 Å². The lowest BCUT2D eigenvalue weighted by molar-refractivity contribution is 0.0919. The molecule has 0 heterocycles. The van der Waals surface area contributed by atoms with Gasteiger partial charge in [0.1, 0.15) is 0 Å². The van der Waals surface area contributed by atoms with E-state index in [-0.39, 0.29) is 12.2 Å². The molecular formula is C14H26O2. The molecule has 0 bridgehead atoms. The van der Waals surface area contributed by atoms with Crippen molar-refractivity contribution in [2.24, 2.45) is 0 Å². The van der Waals surface area contributed by atoms with Crippen LogP contribution in [0.25, 0.3) is 0 Å². The molecule has 0 amide bonds. The topological polar surface area (TPSA) is 29.5 Å². The fraction of sp³-hybridized carbons (Fsp3) is 0.857. The van der Waals surface area contributed by atoms with E-state index in [9.17, 15) is 5.11 Å². The van der Waals surface area contributed by atoms with E-state index in [2.05, 4.69) is 13.0 Å². The molecule has 0 saturated carbocycles. The monoisotopic (exact) mass is 226 g/mol. The molecule has 0 fully saturated rings. The molecule has 16 heavy (non-hydrogen) atoms. The summed E-state index contributed by atoms with van der Waals surface area (Å²) >= 11 is 0.